The number of non-ortho nitro benzene ring substituents is 1. The topological polar surface area (TPSA) is 104 Å². The minimum Gasteiger partial charge on any atom is -0.402 e. The largest absolute Gasteiger partial charge is 0.402 e. The molecule has 8 heteroatoms. The molecule has 3 aromatic rings. The maximum atomic E-state index is 12.2. The number of esters is 1. The summed E-state index contributed by atoms with van der Waals surface area (Å²) in [4.78, 5) is 38.7. The van der Waals surface area contributed by atoms with Crippen LogP contribution in [0.25, 0.3) is 17.0 Å². The van der Waals surface area contributed by atoms with Gasteiger partial charge in [-0.3, -0.25) is 19.5 Å². The molecule has 0 saturated heterocycles. The Morgan fingerprint density at radius 3 is 2.75 bits per heavy atom. The van der Waals surface area contributed by atoms with Gasteiger partial charge in [0, 0.05) is 41.8 Å². The molecule has 2 aromatic carbocycles. The number of hydrogen-bond donors (Lipinski definition) is 0. The van der Waals surface area contributed by atoms with Gasteiger partial charge in [0.05, 0.1) is 10.4 Å². The van der Waals surface area contributed by atoms with E-state index in [9.17, 15) is 19.7 Å². The van der Waals surface area contributed by atoms with E-state index in [2.05, 4.69) is 4.99 Å². The number of para-hydroxylation sites is 1. The van der Waals surface area contributed by atoms with E-state index in [4.69, 9.17) is 4.74 Å². The summed E-state index contributed by atoms with van der Waals surface area (Å²) >= 11 is 0. The summed E-state index contributed by atoms with van der Waals surface area (Å²) in [7, 11) is 0. The lowest BCUT2D eigenvalue weighted by Crippen LogP contribution is -2.05. The van der Waals surface area contributed by atoms with Crippen LogP contribution in [0.5, 0.6) is 0 Å². The van der Waals surface area contributed by atoms with E-state index >= 15 is 0 Å². The molecule has 2 heterocycles. The molecule has 1 aromatic heterocycles. The van der Waals surface area contributed by atoms with E-state index in [0.717, 1.165) is 10.9 Å². The quantitative estimate of drug-likeness (QED) is 0.301. The highest BCUT2D eigenvalue weighted by Crippen LogP contribution is 2.26. The molecule has 0 radical (unpaired) electrons. The van der Waals surface area contributed by atoms with Crippen LogP contribution in [0.4, 0.5) is 5.69 Å². The molecule has 0 unspecified atom stereocenters. The summed E-state index contributed by atoms with van der Waals surface area (Å²) in [6.45, 7) is 1.45. The van der Waals surface area contributed by atoms with Crippen LogP contribution in [0.1, 0.15) is 22.8 Å². The van der Waals surface area contributed by atoms with E-state index < -0.39 is 10.9 Å². The zero-order valence-electron chi connectivity index (χ0n) is 14.7. The summed E-state index contributed by atoms with van der Waals surface area (Å²) in [5.74, 6) is -0.827. The van der Waals surface area contributed by atoms with Gasteiger partial charge < -0.3 is 4.74 Å². The summed E-state index contributed by atoms with van der Waals surface area (Å²) in [5, 5.41) is 11.7. The van der Waals surface area contributed by atoms with Crippen LogP contribution >= 0.6 is 0 Å². The third kappa shape index (κ3) is 2.96. The van der Waals surface area contributed by atoms with Crippen molar-refractivity contribution in [2.45, 2.75) is 6.92 Å². The first kappa shape index (κ1) is 17.3. The van der Waals surface area contributed by atoms with Gasteiger partial charge in [-0.1, -0.05) is 24.3 Å². The van der Waals surface area contributed by atoms with E-state index in [-0.39, 0.29) is 23.2 Å². The van der Waals surface area contributed by atoms with Gasteiger partial charge in [-0.25, -0.2) is 9.79 Å². The van der Waals surface area contributed by atoms with Crippen molar-refractivity contribution in [1.29, 1.82) is 0 Å². The molecule has 0 N–H and O–H groups in total. The van der Waals surface area contributed by atoms with Gasteiger partial charge >= 0.3 is 5.97 Å². The SMILES string of the molecule is CC(=O)n1cc(/C=C2\N=C(c3cccc([N+](=O)[O-])c3)OC2=O)c2ccccc21. The van der Waals surface area contributed by atoms with E-state index in [0.29, 0.717) is 11.1 Å². The minimum absolute atomic E-state index is 0.00439. The maximum Gasteiger partial charge on any atom is 0.363 e. The normalized spacial score (nSPS) is 15.0. The molecule has 1 aliphatic heterocycles. The second-order valence-electron chi connectivity index (χ2n) is 6.13. The number of carbonyl (C=O) groups is 2. The first-order chi connectivity index (χ1) is 13.4. The number of nitro groups is 1. The number of cyclic esters (lactones) is 1. The number of rotatable bonds is 3. The van der Waals surface area contributed by atoms with E-state index in [1.54, 1.807) is 12.3 Å². The predicted molar refractivity (Wildman–Crippen MR) is 102 cm³/mol. The van der Waals surface area contributed by atoms with Crippen LogP contribution in [0.15, 0.2) is 65.4 Å². The highest BCUT2D eigenvalue weighted by atomic mass is 16.6. The fourth-order valence-electron chi connectivity index (χ4n) is 3.01. The third-order valence-corrected chi connectivity index (χ3v) is 4.30. The molecule has 1 aliphatic rings. The number of carbonyl (C=O) groups excluding carboxylic acids is 2. The maximum absolute atomic E-state index is 12.2. The van der Waals surface area contributed by atoms with Gasteiger partial charge in [0.2, 0.25) is 11.8 Å². The predicted octanol–water partition coefficient (Wildman–Crippen LogP) is 3.55. The smallest absolute Gasteiger partial charge is 0.363 e. The first-order valence-electron chi connectivity index (χ1n) is 8.32. The van der Waals surface area contributed by atoms with Crippen molar-refractivity contribution in [3.8, 4) is 0 Å². The van der Waals surface area contributed by atoms with Gasteiger partial charge in [0.15, 0.2) is 5.70 Å². The molecule has 8 nitrogen and oxygen atoms in total. The second kappa shape index (κ2) is 6.58. The lowest BCUT2D eigenvalue weighted by Gasteiger charge is -1.98. The van der Waals surface area contributed by atoms with Gasteiger partial charge in [0.1, 0.15) is 0 Å². The van der Waals surface area contributed by atoms with Crippen LogP contribution in [-0.4, -0.2) is 27.3 Å². The molecule has 0 bridgehead atoms. The van der Waals surface area contributed by atoms with E-state index in [1.165, 1.54) is 35.8 Å². The van der Waals surface area contributed by atoms with Crippen molar-refractivity contribution in [3.05, 3.63) is 81.7 Å². The molecule has 0 atom stereocenters. The molecule has 0 spiro atoms. The molecule has 138 valence electrons. The van der Waals surface area contributed by atoms with Crippen molar-refractivity contribution in [2.75, 3.05) is 0 Å². The standard InChI is InChI=1S/C20H13N3O5/c1-12(24)22-11-14(16-7-2-3-8-18(16)22)10-17-20(25)28-19(21-17)13-5-4-6-15(9-13)23(26)27/h2-11H,1H3/b17-10-. The van der Waals surface area contributed by atoms with Gasteiger partial charge in [-0.15, -0.1) is 0 Å². The lowest BCUT2D eigenvalue weighted by molar-refractivity contribution is -0.384. The minimum atomic E-state index is -0.666. The molecule has 0 saturated carbocycles. The number of fused-ring (bicyclic) bond motifs is 1. The van der Waals surface area contributed by atoms with Crippen LogP contribution in [0.2, 0.25) is 0 Å². The fraction of sp³-hybridized carbons (Fsp3) is 0.0500. The summed E-state index contributed by atoms with van der Waals surface area (Å²) in [6.07, 6.45) is 3.17. The highest BCUT2D eigenvalue weighted by molar-refractivity contribution is 6.13. The van der Waals surface area contributed by atoms with Crippen molar-refractivity contribution in [1.82, 2.24) is 4.57 Å². The Hall–Kier alpha value is -4.07. The average Bonchev–Trinajstić information content (AvgIpc) is 3.23. The number of nitrogens with zero attached hydrogens (tertiary/aromatic N) is 3. The zero-order valence-corrected chi connectivity index (χ0v) is 14.7. The lowest BCUT2D eigenvalue weighted by atomic mass is 10.1. The van der Waals surface area contributed by atoms with Crippen LogP contribution in [0, 0.1) is 10.1 Å². The van der Waals surface area contributed by atoms with Crippen molar-refractivity contribution in [2.24, 2.45) is 4.99 Å². The van der Waals surface area contributed by atoms with Crippen LogP contribution in [-0.2, 0) is 9.53 Å². The summed E-state index contributed by atoms with van der Waals surface area (Å²) in [5.41, 5.74) is 1.61. The Labute approximate surface area is 158 Å². The van der Waals surface area contributed by atoms with Crippen LogP contribution < -0.4 is 0 Å². The van der Waals surface area contributed by atoms with Gasteiger partial charge in [-0.05, 0) is 18.2 Å². The Balaban J connectivity index is 1.78. The third-order valence-electron chi connectivity index (χ3n) is 4.30. The Kier molecular flexibility index (Phi) is 4.08. The molecule has 28 heavy (non-hydrogen) atoms. The van der Waals surface area contributed by atoms with Gasteiger partial charge in [0.25, 0.3) is 5.69 Å². The van der Waals surface area contributed by atoms with Crippen molar-refractivity contribution >= 4 is 40.4 Å². The number of hydrogen-bond acceptors (Lipinski definition) is 6. The summed E-state index contributed by atoms with van der Waals surface area (Å²) in [6, 6.07) is 13.0. The summed E-state index contributed by atoms with van der Waals surface area (Å²) < 4.78 is 6.67. The van der Waals surface area contributed by atoms with Crippen molar-refractivity contribution < 1.29 is 19.2 Å². The first-order valence-corrected chi connectivity index (χ1v) is 8.32. The fourth-order valence-corrected chi connectivity index (χ4v) is 3.01. The number of ether oxygens (including phenoxy) is 1. The number of nitro benzene ring substituents is 1. The number of aromatic nitrogens is 1. The Morgan fingerprint density at radius 1 is 1.21 bits per heavy atom. The Morgan fingerprint density at radius 2 is 2.00 bits per heavy atom. The second-order valence-corrected chi connectivity index (χ2v) is 6.13. The van der Waals surface area contributed by atoms with E-state index in [1.807, 2.05) is 24.3 Å². The number of benzene rings is 2. The number of aliphatic imine (C=N–C) groups is 1. The molecule has 0 fully saturated rings. The molecular weight excluding hydrogens is 362 g/mol. The van der Waals surface area contributed by atoms with Gasteiger partial charge in [-0.2, -0.15) is 0 Å². The molecule has 0 amide bonds. The average molecular weight is 375 g/mol. The monoisotopic (exact) mass is 375 g/mol. The van der Waals surface area contributed by atoms with Crippen LogP contribution in [0.3, 0.4) is 0 Å². The van der Waals surface area contributed by atoms with Crippen molar-refractivity contribution in [3.63, 3.8) is 0 Å². The molecule has 4 rings (SSSR count). The molecule has 0 aliphatic carbocycles. The highest BCUT2D eigenvalue weighted by Gasteiger charge is 2.25. The zero-order chi connectivity index (χ0) is 19.8. The Bertz CT molecular complexity index is 1220. The molecular formula is C20H13N3O5.